The average Bonchev–Trinajstić information content (AvgIpc) is 2.48. The number of sulfonamides is 1. The lowest BCUT2D eigenvalue weighted by atomic mass is 10.3. The summed E-state index contributed by atoms with van der Waals surface area (Å²) in [7, 11) is -3.40. The minimum atomic E-state index is -3.40. The molecule has 0 atom stereocenters. The molecule has 0 aromatic heterocycles. The molecule has 1 aliphatic heterocycles. The summed E-state index contributed by atoms with van der Waals surface area (Å²) in [4.78, 5) is 2.65. The van der Waals surface area contributed by atoms with Gasteiger partial charge in [-0.3, -0.25) is 0 Å². The molecule has 5 nitrogen and oxygen atoms in total. The van der Waals surface area contributed by atoms with E-state index < -0.39 is 10.0 Å². The van der Waals surface area contributed by atoms with Gasteiger partial charge in [0.15, 0.2) is 0 Å². The van der Waals surface area contributed by atoms with Gasteiger partial charge >= 0.3 is 0 Å². The number of nitrogens with zero attached hydrogens (tertiary/aromatic N) is 2. The van der Waals surface area contributed by atoms with Crippen molar-refractivity contribution in [1.82, 2.24) is 9.21 Å². The van der Waals surface area contributed by atoms with E-state index in [0.29, 0.717) is 30.2 Å². The van der Waals surface area contributed by atoms with Gasteiger partial charge in [0.2, 0.25) is 10.0 Å². The van der Waals surface area contributed by atoms with Crippen molar-refractivity contribution in [2.24, 2.45) is 0 Å². The third-order valence-electron chi connectivity index (χ3n) is 3.65. The first kappa shape index (κ1) is 15.3. The number of nitrogens with one attached hydrogen (secondary N) is 1. The maximum absolute atomic E-state index is 12.7. The quantitative estimate of drug-likeness (QED) is 0.893. The summed E-state index contributed by atoms with van der Waals surface area (Å²) in [6.07, 6.45) is 0. The zero-order valence-corrected chi connectivity index (χ0v) is 13.0. The molecule has 0 saturated carbocycles. The third kappa shape index (κ3) is 3.13. The Morgan fingerprint density at radius 2 is 1.75 bits per heavy atom. The molecule has 1 saturated heterocycles. The van der Waals surface area contributed by atoms with Crippen molar-refractivity contribution in [3.8, 4) is 0 Å². The molecule has 0 amide bonds. The molecule has 1 aliphatic rings. The topological polar surface area (TPSA) is 52.7 Å². The Hall–Kier alpha value is -1.11. The number of piperazine rings is 1. The summed E-state index contributed by atoms with van der Waals surface area (Å²) >= 11 is 0. The first-order chi connectivity index (χ1) is 9.59. The van der Waals surface area contributed by atoms with E-state index in [2.05, 4.69) is 17.1 Å². The van der Waals surface area contributed by atoms with Crippen molar-refractivity contribution in [3.05, 3.63) is 24.3 Å². The van der Waals surface area contributed by atoms with Gasteiger partial charge < -0.3 is 10.2 Å². The molecule has 0 bridgehead atoms. The molecule has 0 aliphatic carbocycles. The van der Waals surface area contributed by atoms with Crippen LogP contribution in [0.2, 0.25) is 0 Å². The van der Waals surface area contributed by atoms with Gasteiger partial charge in [0, 0.05) is 32.7 Å². The van der Waals surface area contributed by atoms with Crippen LogP contribution in [0, 0.1) is 0 Å². The monoisotopic (exact) mass is 297 g/mol. The number of hydrogen-bond donors (Lipinski definition) is 1. The maximum atomic E-state index is 12.7. The highest BCUT2D eigenvalue weighted by atomic mass is 32.2. The van der Waals surface area contributed by atoms with E-state index in [-0.39, 0.29) is 0 Å². The van der Waals surface area contributed by atoms with Crippen LogP contribution in [-0.4, -0.2) is 56.9 Å². The van der Waals surface area contributed by atoms with E-state index in [1.165, 1.54) is 0 Å². The molecular weight excluding hydrogens is 274 g/mol. The highest BCUT2D eigenvalue weighted by molar-refractivity contribution is 7.89. The largest absolute Gasteiger partial charge is 0.384 e. The lowest BCUT2D eigenvalue weighted by molar-refractivity contribution is 0.196. The highest BCUT2D eigenvalue weighted by Crippen LogP contribution is 2.25. The predicted octanol–water partition coefficient (Wildman–Crippen LogP) is 1.44. The van der Waals surface area contributed by atoms with Crippen LogP contribution in [0.4, 0.5) is 5.69 Å². The molecule has 1 N–H and O–H groups in total. The van der Waals surface area contributed by atoms with Crippen molar-refractivity contribution in [2.75, 3.05) is 44.6 Å². The zero-order chi connectivity index (χ0) is 14.6. The van der Waals surface area contributed by atoms with Crippen LogP contribution in [0.15, 0.2) is 29.2 Å². The first-order valence-electron chi connectivity index (χ1n) is 7.15. The van der Waals surface area contributed by atoms with E-state index in [0.717, 1.165) is 19.6 Å². The molecule has 1 fully saturated rings. The molecule has 6 heteroatoms. The molecule has 0 unspecified atom stereocenters. The van der Waals surface area contributed by atoms with Crippen molar-refractivity contribution < 1.29 is 8.42 Å². The van der Waals surface area contributed by atoms with Gasteiger partial charge in [-0.15, -0.1) is 0 Å². The Morgan fingerprint density at radius 1 is 1.10 bits per heavy atom. The van der Waals surface area contributed by atoms with Crippen LogP contribution in [0.25, 0.3) is 0 Å². The molecule has 0 radical (unpaired) electrons. The van der Waals surface area contributed by atoms with E-state index in [1.54, 1.807) is 16.4 Å². The number of benzene rings is 1. The summed E-state index contributed by atoms with van der Waals surface area (Å²) in [6.45, 7) is 8.48. The number of para-hydroxylation sites is 1. The minimum Gasteiger partial charge on any atom is -0.384 e. The summed E-state index contributed by atoms with van der Waals surface area (Å²) in [5.41, 5.74) is 0.688. The Morgan fingerprint density at radius 3 is 2.35 bits per heavy atom. The van der Waals surface area contributed by atoms with E-state index in [9.17, 15) is 8.42 Å². The van der Waals surface area contributed by atoms with Crippen LogP contribution in [-0.2, 0) is 10.0 Å². The summed E-state index contributed by atoms with van der Waals surface area (Å²) in [5, 5.41) is 3.13. The minimum absolute atomic E-state index is 0.381. The lowest BCUT2D eigenvalue weighted by Gasteiger charge is -2.33. The second-order valence-corrected chi connectivity index (χ2v) is 6.77. The standard InChI is InChI=1S/C14H23N3O2S/c1-3-15-13-7-5-6-8-14(13)20(18,19)17-11-9-16(4-2)10-12-17/h5-8,15H,3-4,9-12H2,1-2H3. The number of hydrogen-bond acceptors (Lipinski definition) is 4. The van der Waals surface area contributed by atoms with Crippen LogP contribution in [0.5, 0.6) is 0 Å². The normalized spacial score (nSPS) is 18.1. The fraction of sp³-hybridized carbons (Fsp3) is 0.571. The van der Waals surface area contributed by atoms with Gasteiger partial charge in [-0.1, -0.05) is 19.1 Å². The average molecular weight is 297 g/mol. The Kier molecular flexibility index (Phi) is 5.01. The van der Waals surface area contributed by atoms with E-state index in [4.69, 9.17) is 0 Å². The zero-order valence-electron chi connectivity index (χ0n) is 12.2. The second kappa shape index (κ2) is 6.56. The number of rotatable bonds is 5. The van der Waals surface area contributed by atoms with Crippen molar-refractivity contribution >= 4 is 15.7 Å². The smallest absolute Gasteiger partial charge is 0.245 e. The van der Waals surface area contributed by atoms with Gasteiger partial charge in [-0.2, -0.15) is 4.31 Å². The summed E-state index contributed by atoms with van der Waals surface area (Å²) < 4.78 is 27.1. The van der Waals surface area contributed by atoms with Gasteiger partial charge in [0.1, 0.15) is 4.90 Å². The van der Waals surface area contributed by atoms with Crippen LogP contribution in [0.3, 0.4) is 0 Å². The molecule has 2 rings (SSSR count). The maximum Gasteiger partial charge on any atom is 0.245 e. The molecule has 1 aromatic carbocycles. The molecule has 112 valence electrons. The first-order valence-corrected chi connectivity index (χ1v) is 8.59. The highest BCUT2D eigenvalue weighted by Gasteiger charge is 2.29. The summed E-state index contributed by atoms with van der Waals surface area (Å²) in [6, 6.07) is 7.13. The molecule has 0 spiro atoms. The van der Waals surface area contributed by atoms with Crippen LogP contribution >= 0.6 is 0 Å². The van der Waals surface area contributed by atoms with Crippen LogP contribution < -0.4 is 5.32 Å². The molecule has 1 aromatic rings. The number of likely N-dealkylation sites (N-methyl/N-ethyl adjacent to an activating group) is 1. The molecular formula is C14H23N3O2S. The third-order valence-corrected chi connectivity index (χ3v) is 5.61. The van der Waals surface area contributed by atoms with E-state index >= 15 is 0 Å². The summed E-state index contributed by atoms with van der Waals surface area (Å²) in [5.74, 6) is 0. The van der Waals surface area contributed by atoms with Crippen molar-refractivity contribution in [1.29, 1.82) is 0 Å². The van der Waals surface area contributed by atoms with Crippen LogP contribution in [0.1, 0.15) is 13.8 Å². The van der Waals surface area contributed by atoms with Crippen molar-refractivity contribution in [3.63, 3.8) is 0 Å². The van der Waals surface area contributed by atoms with Gasteiger partial charge in [-0.25, -0.2) is 8.42 Å². The molecule has 20 heavy (non-hydrogen) atoms. The Labute approximate surface area is 121 Å². The van der Waals surface area contributed by atoms with Crippen molar-refractivity contribution in [2.45, 2.75) is 18.7 Å². The van der Waals surface area contributed by atoms with E-state index in [1.807, 2.05) is 19.1 Å². The van der Waals surface area contributed by atoms with Gasteiger partial charge in [0.05, 0.1) is 5.69 Å². The lowest BCUT2D eigenvalue weighted by Crippen LogP contribution is -2.48. The second-order valence-electron chi connectivity index (χ2n) is 4.86. The Bertz CT molecular complexity index is 537. The van der Waals surface area contributed by atoms with Gasteiger partial charge in [0.25, 0.3) is 0 Å². The SMILES string of the molecule is CCNc1ccccc1S(=O)(=O)N1CCN(CC)CC1. The Balaban J connectivity index is 2.23. The fourth-order valence-electron chi connectivity index (χ4n) is 2.45. The molecule has 1 heterocycles. The van der Waals surface area contributed by atoms with Gasteiger partial charge in [-0.05, 0) is 25.6 Å². The predicted molar refractivity (Wildman–Crippen MR) is 81.5 cm³/mol. The number of anilines is 1. The fourth-order valence-corrected chi connectivity index (χ4v) is 4.04.